The second-order valence-electron chi connectivity index (χ2n) is 10.8. The average Bonchev–Trinajstić information content (AvgIpc) is 3.06. The number of para-hydroxylation sites is 1. The van der Waals surface area contributed by atoms with Crippen LogP contribution in [0.5, 0.6) is 11.5 Å². The van der Waals surface area contributed by atoms with E-state index >= 15 is 0 Å². The van der Waals surface area contributed by atoms with Gasteiger partial charge in [-0.05, 0) is 72.5 Å². The minimum absolute atomic E-state index is 0. The molecule has 6 rings (SSSR count). The number of phenolic OH excluding ortho intramolecular Hbond substituents is 1. The smallest absolute Gasteiger partial charge is 1.00 e. The standard InChI is InChI=1S/C34H27N5O8S2.2Na.2H/c1-20-16-29(30(47-2)19-28(20)37-36-27-12-6-11-26-25(27)10-7-13-31(26)48(41,42)43)38-39-33-32(49(44,45)46)18-21-17-23(14-15-24(21)34(33)40)35-22-8-4-3-5-9-22;;;;/h3-19,35,40H,1-2H3,(H,41,42,43)(H,44,45,46);;;;/q;2*+1;2*-1. The molecule has 13 nitrogen and oxygen atoms in total. The van der Waals surface area contributed by atoms with Gasteiger partial charge in [-0.25, -0.2) is 0 Å². The Labute approximate surface area is 340 Å². The Morgan fingerprint density at radius 3 is 1.96 bits per heavy atom. The topological polar surface area (TPSA) is 200 Å². The van der Waals surface area contributed by atoms with Gasteiger partial charge in [-0.3, -0.25) is 9.11 Å². The first-order valence-corrected chi connectivity index (χ1v) is 17.3. The van der Waals surface area contributed by atoms with Crippen LogP contribution < -0.4 is 69.2 Å². The summed E-state index contributed by atoms with van der Waals surface area (Å²) in [6, 6.07) is 27.7. The molecule has 0 atom stereocenters. The normalized spacial score (nSPS) is 11.8. The van der Waals surface area contributed by atoms with Crippen LogP contribution in [0.3, 0.4) is 0 Å². The van der Waals surface area contributed by atoms with Gasteiger partial charge in [-0.2, -0.15) is 21.9 Å². The summed E-state index contributed by atoms with van der Waals surface area (Å²) < 4.78 is 73.7. The first-order valence-electron chi connectivity index (χ1n) is 14.4. The van der Waals surface area contributed by atoms with Gasteiger partial charge in [0, 0.05) is 33.6 Å². The molecule has 6 aromatic rings. The van der Waals surface area contributed by atoms with E-state index in [1.807, 2.05) is 30.3 Å². The van der Waals surface area contributed by atoms with Crippen molar-refractivity contribution in [2.75, 3.05) is 12.4 Å². The van der Waals surface area contributed by atoms with Crippen molar-refractivity contribution in [2.24, 2.45) is 20.5 Å². The minimum Gasteiger partial charge on any atom is -1.00 e. The zero-order valence-electron chi connectivity index (χ0n) is 29.8. The second-order valence-corrected chi connectivity index (χ2v) is 13.6. The van der Waals surface area contributed by atoms with E-state index in [-0.39, 0.29) is 89.1 Å². The van der Waals surface area contributed by atoms with Crippen molar-refractivity contribution >= 4 is 75.9 Å². The van der Waals surface area contributed by atoms with Crippen molar-refractivity contribution in [3.05, 3.63) is 109 Å². The molecule has 0 bridgehead atoms. The number of aromatic hydroxyl groups is 1. The van der Waals surface area contributed by atoms with E-state index < -0.39 is 36.6 Å². The molecule has 0 aliphatic heterocycles. The molecule has 0 saturated heterocycles. The van der Waals surface area contributed by atoms with Crippen LogP contribution in [0, 0.1) is 6.92 Å². The zero-order valence-corrected chi connectivity index (χ0v) is 33.4. The number of anilines is 2. The van der Waals surface area contributed by atoms with Crippen LogP contribution in [-0.4, -0.2) is 38.2 Å². The van der Waals surface area contributed by atoms with Gasteiger partial charge in [0.2, 0.25) is 0 Å². The van der Waals surface area contributed by atoms with E-state index in [0.717, 1.165) is 5.69 Å². The summed E-state index contributed by atoms with van der Waals surface area (Å²) >= 11 is 0. The fourth-order valence-electron chi connectivity index (χ4n) is 5.21. The third-order valence-corrected chi connectivity index (χ3v) is 9.33. The summed E-state index contributed by atoms with van der Waals surface area (Å²) in [4.78, 5) is -0.902. The molecule has 0 unspecified atom stereocenters. The van der Waals surface area contributed by atoms with E-state index in [4.69, 9.17) is 4.74 Å². The van der Waals surface area contributed by atoms with E-state index in [9.17, 15) is 31.0 Å². The van der Waals surface area contributed by atoms with Crippen molar-refractivity contribution in [1.82, 2.24) is 0 Å². The van der Waals surface area contributed by atoms with Crippen LogP contribution in [0.1, 0.15) is 8.42 Å². The van der Waals surface area contributed by atoms with Gasteiger partial charge in [-0.15, -0.1) is 15.3 Å². The van der Waals surface area contributed by atoms with Crippen LogP contribution in [0.4, 0.5) is 34.1 Å². The number of aryl methyl sites for hydroxylation is 1. The number of azo groups is 2. The maximum Gasteiger partial charge on any atom is 1.00 e. The number of benzene rings is 6. The first kappa shape index (κ1) is 40.0. The zero-order chi connectivity index (χ0) is 34.9. The number of ether oxygens (including phenoxy) is 1. The molecule has 0 fully saturated rings. The van der Waals surface area contributed by atoms with E-state index in [1.165, 1.54) is 31.4 Å². The molecule has 0 aliphatic carbocycles. The van der Waals surface area contributed by atoms with Crippen LogP contribution in [-0.2, 0) is 20.2 Å². The molecule has 252 valence electrons. The molecular formula is C34H29N5Na2O8S2. The Morgan fingerprint density at radius 2 is 1.27 bits per heavy atom. The largest absolute Gasteiger partial charge is 1.00 e. The summed E-state index contributed by atoms with van der Waals surface area (Å²) in [6.45, 7) is 1.71. The number of phenols is 1. The fraction of sp³-hybridized carbons (Fsp3) is 0.0588. The molecule has 0 amide bonds. The summed E-state index contributed by atoms with van der Waals surface area (Å²) in [5, 5.41) is 32.5. The van der Waals surface area contributed by atoms with Crippen LogP contribution >= 0.6 is 0 Å². The van der Waals surface area contributed by atoms with Crippen LogP contribution in [0.15, 0.2) is 133 Å². The molecule has 0 heterocycles. The average molecular weight is 746 g/mol. The van der Waals surface area contributed by atoms with Crippen LogP contribution in [0.2, 0.25) is 0 Å². The molecular weight excluding hydrogens is 717 g/mol. The third-order valence-electron chi connectivity index (χ3n) is 7.55. The van der Waals surface area contributed by atoms with Gasteiger partial charge >= 0.3 is 59.1 Å². The molecule has 6 aromatic carbocycles. The molecule has 0 aliphatic rings. The number of hydrogen-bond acceptors (Lipinski definition) is 11. The molecule has 0 radical (unpaired) electrons. The summed E-state index contributed by atoms with van der Waals surface area (Å²) in [5.74, 6) is -0.325. The van der Waals surface area contributed by atoms with Crippen LogP contribution in [0.25, 0.3) is 21.5 Å². The number of hydrogen-bond donors (Lipinski definition) is 4. The first-order chi connectivity index (χ1) is 23.3. The van der Waals surface area contributed by atoms with Crippen molar-refractivity contribution in [2.45, 2.75) is 16.7 Å². The Balaban J connectivity index is 0.00000243. The Hall–Kier alpha value is -3.74. The van der Waals surface area contributed by atoms with Gasteiger partial charge in [0.05, 0.1) is 18.5 Å². The maximum atomic E-state index is 12.4. The van der Waals surface area contributed by atoms with Gasteiger partial charge < -0.3 is 18.0 Å². The minimum atomic E-state index is -4.85. The van der Waals surface area contributed by atoms with Gasteiger partial charge in [0.25, 0.3) is 20.2 Å². The fourth-order valence-corrected chi connectivity index (χ4v) is 6.57. The molecule has 0 spiro atoms. The van der Waals surface area contributed by atoms with E-state index in [1.54, 1.807) is 55.5 Å². The number of nitrogens with zero attached hydrogens (tertiary/aromatic N) is 4. The van der Waals surface area contributed by atoms with Crippen molar-refractivity contribution in [3.8, 4) is 11.5 Å². The predicted molar refractivity (Wildman–Crippen MR) is 187 cm³/mol. The van der Waals surface area contributed by atoms with Crippen molar-refractivity contribution in [3.63, 3.8) is 0 Å². The molecule has 17 heteroatoms. The predicted octanol–water partition coefficient (Wildman–Crippen LogP) is 3.32. The Bertz CT molecular complexity index is 2570. The maximum absolute atomic E-state index is 12.4. The number of nitrogens with one attached hydrogen (secondary N) is 1. The van der Waals surface area contributed by atoms with Gasteiger partial charge in [0.15, 0.2) is 5.75 Å². The van der Waals surface area contributed by atoms with Crippen molar-refractivity contribution in [1.29, 1.82) is 0 Å². The molecule has 51 heavy (non-hydrogen) atoms. The Morgan fingerprint density at radius 1 is 0.627 bits per heavy atom. The number of methoxy groups -OCH3 is 1. The SMILES string of the molecule is COc1cc(N=Nc2cccc3c(S(=O)(=O)O)cccc23)c(C)cc1N=Nc1c(S(=O)(=O)O)cc2cc(Nc3ccccc3)ccc2c1O.[H-].[H-].[Na+].[Na+]. The van der Waals surface area contributed by atoms with E-state index in [2.05, 4.69) is 25.8 Å². The molecule has 0 aromatic heterocycles. The summed E-state index contributed by atoms with van der Waals surface area (Å²) in [7, 11) is -7.95. The third kappa shape index (κ3) is 8.84. The van der Waals surface area contributed by atoms with Crippen molar-refractivity contribution < 1.29 is 97.8 Å². The summed E-state index contributed by atoms with van der Waals surface area (Å²) in [6.07, 6.45) is 0. The second kappa shape index (κ2) is 16.3. The van der Waals surface area contributed by atoms with Gasteiger partial charge in [-0.1, -0.05) is 42.5 Å². The monoisotopic (exact) mass is 745 g/mol. The summed E-state index contributed by atoms with van der Waals surface area (Å²) in [5.41, 5.74) is 2.38. The molecule has 0 saturated carbocycles. The number of fused-ring (bicyclic) bond motifs is 2. The quantitative estimate of drug-likeness (QED) is 0.0974. The molecule has 4 N–H and O–H groups in total. The van der Waals surface area contributed by atoms with E-state index in [0.29, 0.717) is 33.4 Å². The Kier molecular flexibility index (Phi) is 12.8. The van der Waals surface area contributed by atoms with Gasteiger partial charge in [0.1, 0.15) is 26.9 Å². The number of rotatable bonds is 9.